The van der Waals surface area contributed by atoms with E-state index < -0.39 is 0 Å². The normalized spacial score (nSPS) is 15.2. The van der Waals surface area contributed by atoms with Gasteiger partial charge in [-0.3, -0.25) is 0 Å². The summed E-state index contributed by atoms with van der Waals surface area (Å²) in [6.07, 6.45) is 4.07. The number of hydrogen-bond donors (Lipinski definition) is 2. The highest BCUT2D eigenvalue weighted by molar-refractivity contribution is 5.91. The average molecular weight is 349 g/mol. The Morgan fingerprint density at radius 1 is 1.12 bits per heavy atom. The van der Waals surface area contributed by atoms with Gasteiger partial charge in [-0.2, -0.15) is 0 Å². The second-order valence-corrected chi connectivity index (χ2v) is 6.68. The van der Waals surface area contributed by atoms with E-state index in [0.29, 0.717) is 17.4 Å². The number of hydrogen-bond acceptors (Lipinski definition) is 2. The zero-order chi connectivity index (χ0) is 17.9. The minimum Gasteiger partial charge on any atom is -0.495 e. The van der Waals surface area contributed by atoms with Crippen molar-refractivity contribution in [1.29, 1.82) is 0 Å². The van der Waals surface area contributed by atoms with Crippen LogP contribution in [0.4, 0.5) is 10.5 Å². The van der Waals surface area contributed by atoms with E-state index in [0.717, 1.165) is 25.9 Å². The van der Waals surface area contributed by atoms with Gasteiger partial charge in [0.25, 0.3) is 0 Å². The number of urea groups is 1. The maximum Gasteiger partial charge on any atom is 0.321 e. The molecule has 1 saturated heterocycles. The second kappa shape index (κ2) is 7.12. The van der Waals surface area contributed by atoms with Crippen LogP contribution in [0.5, 0.6) is 5.75 Å². The number of para-hydroxylation sites is 3. The minimum absolute atomic E-state index is 0.0631. The number of nitrogens with zero attached hydrogens (tertiary/aromatic N) is 1. The van der Waals surface area contributed by atoms with Crippen LogP contribution in [0.1, 0.15) is 24.3 Å². The van der Waals surface area contributed by atoms with Crippen LogP contribution in [0.2, 0.25) is 0 Å². The first-order valence-electron chi connectivity index (χ1n) is 9.01. The highest BCUT2D eigenvalue weighted by atomic mass is 16.5. The zero-order valence-corrected chi connectivity index (χ0v) is 14.9. The van der Waals surface area contributed by atoms with E-state index in [2.05, 4.69) is 34.7 Å². The Balaban J connectivity index is 1.41. The fourth-order valence-corrected chi connectivity index (χ4v) is 3.77. The number of anilines is 1. The highest BCUT2D eigenvalue weighted by Gasteiger charge is 2.25. The minimum atomic E-state index is -0.0631. The number of amides is 2. The molecule has 2 heterocycles. The van der Waals surface area contributed by atoms with Gasteiger partial charge in [0, 0.05) is 30.2 Å². The Bertz CT molecular complexity index is 910. The first kappa shape index (κ1) is 16.5. The van der Waals surface area contributed by atoms with Crippen molar-refractivity contribution in [2.75, 3.05) is 25.5 Å². The number of H-pyrrole nitrogens is 1. The summed E-state index contributed by atoms with van der Waals surface area (Å²) in [5, 5.41) is 4.26. The molecule has 2 aromatic carbocycles. The fraction of sp³-hybridized carbons (Fsp3) is 0.286. The fourth-order valence-electron chi connectivity index (χ4n) is 3.77. The van der Waals surface area contributed by atoms with Gasteiger partial charge in [0.05, 0.1) is 12.8 Å². The zero-order valence-electron chi connectivity index (χ0n) is 14.9. The molecule has 0 aliphatic carbocycles. The number of ether oxygens (including phenoxy) is 1. The topological polar surface area (TPSA) is 57.4 Å². The lowest BCUT2D eigenvalue weighted by molar-refractivity contribution is 0.194. The molecule has 0 radical (unpaired) electrons. The molecular weight excluding hydrogens is 326 g/mol. The summed E-state index contributed by atoms with van der Waals surface area (Å²) < 4.78 is 5.30. The van der Waals surface area contributed by atoms with E-state index in [4.69, 9.17) is 4.74 Å². The predicted octanol–water partition coefficient (Wildman–Crippen LogP) is 4.59. The molecule has 2 N–H and O–H groups in total. The number of aromatic amines is 1. The van der Waals surface area contributed by atoms with Gasteiger partial charge in [-0.05, 0) is 42.5 Å². The number of nitrogens with one attached hydrogen (secondary N) is 2. The lowest BCUT2D eigenvalue weighted by Gasteiger charge is -2.32. The number of rotatable bonds is 3. The Labute approximate surface area is 153 Å². The smallest absolute Gasteiger partial charge is 0.321 e. The van der Waals surface area contributed by atoms with Crippen LogP contribution in [-0.2, 0) is 0 Å². The molecule has 0 atom stereocenters. The van der Waals surface area contributed by atoms with Gasteiger partial charge in [0.2, 0.25) is 0 Å². The van der Waals surface area contributed by atoms with Crippen molar-refractivity contribution in [2.45, 2.75) is 18.8 Å². The SMILES string of the molecule is COc1ccccc1NC(=O)N1CCC(c2c[nH]c3ccccc23)CC1. The quantitative estimate of drug-likeness (QED) is 0.727. The van der Waals surface area contributed by atoms with Crippen molar-refractivity contribution in [3.63, 3.8) is 0 Å². The number of piperidine rings is 1. The van der Waals surface area contributed by atoms with Crippen molar-refractivity contribution in [3.05, 3.63) is 60.3 Å². The molecule has 1 aromatic heterocycles. The highest BCUT2D eigenvalue weighted by Crippen LogP contribution is 2.33. The van der Waals surface area contributed by atoms with Crippen LogP contribution in [0.3, 0.4) is 0 Å². The van der Waals surface area contributed by atoms with Gasteiger partial charge < -0.3 is 19.9 Å². The Hall–Kier alpha value is -2.95. The number of fused-ring (bicyclic) bond motifs is 1. The summed E-state index contributed by atoms with van der Waals surface area (Å²) in [6.45, 7) is 1.51. The lowest BCUT2D eigenvalue weighted by Crippen LogP contribution is -2.40. The van der Waals surface area contributed by atoms with Gasteiger partial charge in [0.1, 0.15) is 5.75 Å². The third kappa shape index (κ3) is 3.12. The van der Waals surface area contributed by atoms with Crippen molar-refractivity contribution in [2.24, 2.45) is 0 Å². The summed E-state index contributed by atoms with van der Waals surface area (Å²) >= 11 is 0. The van der Waals surface area contributed by atoms with Crippen molar-refractivity contribution in [1.82, 2.24) is 9.88 Å². The Morgan fingerprint density at radius 2 is 1.85 bits per heavy atom. The average Bonchev–Trinajstić information content (AvgIpc) is 3.12. The summed E-state index contributed by atoms with van der Waals surface area (Å²) in [4.78, 5) is 17.8. The van der Waals surface area contributed by atoms with Gasteiger partial charge in [-0.1, -0.05) is 30.3 Å². The summed E-state index contributed by atoms with van der Waals surface area (Å²) in [5.74, 6) is 1.16. The van der Waals surface area contributed by atoms with E-state index in [9.17, 15) is 4.79 Å². The van der Waals surface area contributed by atoms with Crippen LogP contribution >= 0.6 is 0 Å². The van der Waals surface area contributed by atoms with E-state index in [1.54, 1.807) is 7.11 Å². The first-order valence-corrected chi connectivity index (χ1v) is 9.01. The summed E-state index contributed by atoms with van der Waals surface area (Å²) in [7, 11) is 1.61. The molecule has 5 heteroatoms. The summed E-state index contributed by atoms with van der Waals surface area (Å²) in [6, 6.07) is 15.8. The molecule has 5 nitrogen and oxygen atoms in total. The van der Waals surface area contributed by atoms with Gasteiger partial charge in [0.15, 0.2) is 0 Å². The third-order valence-electron chi connectivity index (χ3n) is 5.19. The molecule has 0 unspecified atom stereocenters. The van der Waals surface area contributed by atoms with Crippen LogP contribution in [0.25, 0.3) is 10.9 Å². The number of carbonyl (C=O) groups is 1. The molecule has 134 valence electrons. The molecule has 26 heavy (non-hydrogen) atoms. The number of methoxy groups -OCH3 is 1. The van der Waals surface area contributed by atoms with E-state index in [-0.39, 0.29) is 6.03 Å². The predicted molar refractivity (Wildman–Crippen MR) is 104 cm³/mol. The van der Waals surface area contributed by atoms with Gasteiger partial charge in [-0.25, -0.2) is 4.79 Å². The lowest BCUT2D eigenvalue weighted by atomic mass is 9.89. The number of benzene rings is 2. The molecule has 3 aromatic rings. The first-order chi connectivity index (χ1) is 12.8. The van der Waals surface area contributed by atoms with Crippen LogP contribution in [0, 0.1) is 0 Å². The van der Waals surface area contributed by atoms with Crippen LogP contribution in [-0.4, -0.2) is 36.1 Å². The van der Waals surface area contributed by atoms with E-state index in [1.165, 1.54) is 16.5 Å². The molecule has 4 rings (SSSR count). The molecule has 0 saturated carbocycles. The van der Waals surface area contributed by atoms with E-state index in [1.807, 2.05) is 35.2 Å². The molecule has 0 bridgehead atoms. The standard InChI is InChI=1S/C21H23N3O2/c1-26-20-9-5-4-8-19(20)23-21(25)24-12-10-15(11-13-24)17-14-22-18-7-3-2-6-16(17)18/h2-9,14-15,22H,10-13H2,1H3,(H,23,25). The van der Waals surface area contributed by atoms with Crippen molar-refractivity contribution < 1.29 is 9.53 Å². The third-order valence-corrected chi connectivity index (χ3v) is 5.19. The number of likely N-dealkylation sites (tertiary alicyclic amines) is 1. The van der Waals surface area contributed by atoms with Crippen LogP contribution < -0.4 is 10.1 Å². The molecule has 2 amide bonds. The largest absolute Gasteiger partial charge is 0.495 e. The Kier molecular flexibility index (Phi) is 4.52. The maximum absolute atomic E-state index is 12.6. The number of aromatic nitrogens is 1. The van der Waals surface area contributed by atoms with Crippen molar-refractivity contribution in [3.8, 4) is 5.75 Å². The Morgan fingerprint density at radius 3 is 2.65 bits per heavy atom. The monoisotopic (exact) mass is 349 g/mol. The van der Waals surface area contributed by atoms with Crippen molar-refractivity contribution >= 4 is 22.6 Å². The second-order valence-electron chi connectivity index (χ2n) is 6.68. The van der Waals surface area contributed by atoms with Crippen LogP contribution in [0.15, 0.2) is 54.7 Å². The molecular formula is C21H23N3O2. The molecule has 1 aliphatic rings. The van der Waals surface area contributed by atoms with E-state index >= 15 is 0 Å². The molecule has 1 aliphatic heterocycles. The van der Waals surface area contributed by atoms with Gasteiger partial charge in [-0.15, -0.1) is 0 Å². The summed E-state index contributed by atoms with van der Waals surface area (Å²) in [5.41, 5.74) is 3.25. The van der Waals surface area contributed by atoms with Gasteiger partial charge >= 0.3 is 6.03 Å². The maximum atomic E-state index is 12.6. The molecule has 0 spiro atoms. The molecule has 1 fully saturated rings. The number of carbonyl (C=O) groups excluding carboxylic acids is 1.